The van der Waals surface area contributed by atoms with Gasteiger partial charge in [-0.25, -0.2) is 4.57 Å². The molecule has 0 aromatic rings. The second-order valence-corrected chi connectivity index (χ2v) is 15.6. The highest BCUT2D eigenvalue weighted by atomic mass is 31.2. The van der Waals surface area contributed by atoms with E-state index in [1.165, 1.54) is 44.6 Å². The Hall–Kier alpha value is -2.05. The minimum atomic E-state index is -4.60. The summed E-state index contributed by atoms with van der Waals surface area (Å²) in [5.74, 6) is 0. The molecule has 1 atom stereocenters. The number of rotatable bonds is 28. The number of ether oxygens (including phenoxy) is 2. The molecular formula is C43H73O6P. The largest absolute Gasteiger partial charge is 0.469 e. The lowest BCUT2D eigenvalue weighted by molar-refractivity contribution is -0.0267. The van der Waals surface area contributed by atoms with E-state index < -0.39 is 13.9 Å². The monoisotopic (exact) mass is 717 g/mol. The lowest BCUT2D eigenvalue weighted by Crippen LogP contribution is -2.25. The van der Waals surface area contributed by atoms with Crippen LogP contribution in [0.15, 0.2) is 93.2 Å². The Morgan fingerprint density at radius 3 is 1.14 bits per heavy atom. The van der Waals surface area contributed by atoms with Gasteiger partial charge in [0, 0.05) is 0 Å². The predicted octanol–water partition coefficient (Wildman–Crippen LogP) is 12.8. The van der Waals surface area contributed by atoms with E-state index in [1.807, 2.05) is 6.08 Å². The van der Waals surface area contributed by atoms with Crippen LogP contribution in [0, 0.1) is 0 Å². The van der Waals surface area contributed by atoms with Crippen LogP contribution in [0.4, 0.5) is 0 Å². The predicted molar refractivity (Wildman–Crippen MR) is 215 cm³/mol. The Bertz CT molecular complexity index is 1230. The van der Waals surface area contributed by atoms with Gasteiger partial charge in [0.05, 0.1) is 26.4 Å². The van der Waals surface area contributed by atoms with Crippen LogP contribution in [-0.4, -0.2) is 42.3 Å². The zero-order valence-corrected chi connectivity index (χ0v) is 34.4. The highest BCUT2D eigenvalue weighted by molar-refractivity contribution is 7.46. The first-order valence-electron chi connectivity index (χ1n) is 18.7. The Morgan fingerprint density at radius 2 is 0.800 bits per heavy atom. The maximum absolute atomic E-state index is 11.3. The third kappa shape index (κ3) is 33.1. The van der Waals surface area contributed by atoms with Gasteiger partial charge in [0.1, 0.15) is 6.10 Å². The van der Waals surface area contributed by atoms with Gasteiger partial charge < -0.3 is 19.3 Å². The first kappa shape index (κ1) is 48.0. The molecule has 7 heteroatoms. The van der Waals surface area contributed by atoms with Crippen molar-refractivity contribution < 1.29 is 28.3 Å². The molecule has 0 fully saturated rings. The summed E-state index contributed by atoms with van der Waals surface area (Å²) in [7, 11) is -4.60. The van der Waals surface area contributed by atoms with E-state index in [-0.39, 0.29) is 13.2 Å². The fourth-order valence-electron chi connectivity index (χ4n) is 5.03. The highest BCUT2D eigenvalue weighted by Crippen LogP contribution is 2.35. The van der Waals surface area contributed by atoms with Crippen molar-refractivity contribution in [3.05, 3.63) is 93.2 Å². The molecule has 0 bridgehead atoms. The average molecular weight is 717 g/mol. The van der Waals surface area contributed by atoms with E-state index in [0.717, 1.165) is 77.0 Å². The van der Waals surface area contributed by atoms with Gasteiger partial charge in [0.25, 0.3) is 0 Å². The topological polar surface area (TPSA) is 85.2 Å². The molecule has 2 N–H and O–H groups in total. The molecule has 0 amide bonds. The van der Waals surface area contributed by atoms with Crippen LogP contribution in [0.5, 0.6) is 0 Å². The molecule has 0 unspecified atom stereocenters. The lowest BCUT2D eigenvalue weighted by atomic mass is 10.0. The van der Waals surface area contributed by atoms with E-state index in [0.29, 0.717) is 13.2 Å². The average Bonchev–Trinajstić information content (AvgIpc) is 3.00. The van der Waals surface area contributed by atoms with Crippen molar-refractivity contribution in [2.24, 2.45) is 0 Å². The number of phosphoric ester groups is 1. The molecule has 0 heterocycles. The van der Waals surface area contributed by atoms with Gasteiger partial charge in [-0.2, -0.15) is 0 Å². The molecule has 50 heavy (non-hydrogen) atoms. The zero-order chi connectivity index (χ0) is 37.8. The summed E-state index contributed by atoms with van der Waals surface area (Å²) >= 11 is 0. The smallest absolute Gasteiger partial charge is 0.375 e. The molecule has 0 saturated carbocycles. The van der Waals surface area contributed by atoms with E-state index in [1.54, 1.807) is 0 Å². The number of hydrogen-bond donors (Lipinski definition) is 2. The van der Waals surface area contributed by atoms with Crippen LogP contribution < -0.4 is 0 Å². The summed E-state index contributed by atoms with van der Waals surface area (Å²) in [4.78, 5) is 18.4. The summed E-state index contributed by atoms with van der Waals surface area (Å²) in [6, 6.07) is 0. The molecule has 0 aliphatic rings. The van der Waals surface area contributed by atoms with E-state index >= 15 is 0 Å². The van der Waals surface area contributed by atoms with Gasteiger partial charge >= 0.3 is 7.82 Å². The van der Waals surface area contributed by atoms with Gasteiger partial charge in [-0.05, 0) is 146 Å². The number of hydrogen-bond acceptors (Lipinski definition) is 4. The molecule has 0 spiro atoms. The van der Waals surface area contributed by atoms with Crippen molar-refractivity contribution in [1.82, 2.24) is 0 Å². The van der Waals surface area contributed by atoms with Gasteiger partial charge in [-0.3, -0.25) is 4.52 Å². The quantitative estimate of drug-likeness (QED) is 0.0476. The van der Waals surface area contributed by atoms with Gasteiger partial charge in [0.15, 0.2) is 0 Å². The second-order valence-electron chi connectivity index (χ2n) is 14.4. The van der Waals surface area contributed by atoms with Crippen LogP contribution in [0.1, 0.15) is 146 Å². The summed E-state index contributed by atoms with van der Waals surface area (Å²) in [5.41, 5.74) is 11.0. The van der Waals surface area contributed by atoms with Crippen molar-refractivity contribution in [2.45, 2.75) is 152 Å². The van der Waals surface area contributed by atoms with Crippen LogP contribution in [0.2, 0.25) is 0 Å². The van der Waals surface area contributed by atoms with E-state index in [9.17, 15) is 14.4 Å². The first-order valence-corrected chi connectivity index (χ1v) is 20.2. The fourth-order valence-corrected chi connectivity index (χ4v) is 5.39. The van der Waals surface area contributed by atoms with Crippen LogP contribution in [0.25, 0.3) is 0 Å². The molecule has 0 saturated heterocycles. The Labute approximate surface area is 307 Å². The molecule has 0 aromatic heterocycles. The molecule has 0 aliphatic heterocycles. The fraction of sp³-hybridized carbons (Fsp3) is 0.628. The highest BCUT2D eigenvalue weighted by Gasteiger charge is 2.19. The van der Waals surface area contributed by atoms with Gasteiger partial charge in [-0.15, -0.1) is 0 Å². The first-order chi connectivity index (χ1) is 23.6. The summed E-state index contributed by atoms with van der Waals surface area (Å²) in [6.45, 7) is 22.3. The van der Waals surface area contributed by atoms with E-state index in [4.69, 9.17) is 14.0 Å². The molecule has 0 aromatic carbocycles. The Balaban J connectivity index is 4.60. The summed E-state index contributed by atoms with van der Waals surface area (Å²) in [6.07, 6.45) is 30.2. The Morgan fingerprint density at radius 1 is 0.480 bits per heavy atom. The molecule has 286 valence electrons. The molecular weight excluding hydrogens is 643 g/mol. The van der Waals surface area contributed by atoms with Gasteiger partial charge in [-0.1, -0.05) is 93.2 Å². The minimum absolute atomic E-state index is 0.182. The second kappa shape index (κ2) is 29.5. The minimum Gasteiger partial charge on any atom is -0.375 e. The zero-order valence-electron chi connectivity index (χ0n) is 33.5. The van der Waals surface area contributed by atoms with Crippen LogP contribution in [-0.2, 0) is 18.6 Å². The van der Waals surface area contributed by atoms with Crippen molar-refractivity contribution in [3.63, 3.8) is 0 Å². The molecule has 6 nitrogen and oxygen atoms in total. The Kier molecular flexibility index (Phi) is 28.3. The summed E-state index contributed by atoms with van der Waals surface area (Å²) in [5, 5.41) is 0. The number of allylic oxidation sites excluding steroid dienone is 14. The van der Waals surface area contributed by atoms with Crippen LogP contribution in [0.3, 0.4) is 0 Å². The van der Waals surface area contributed by atoms with Crippen molar-refractivity contribution in [3.8, 4) is 0 Å². The SMILES string of the molecule is CC(C)=CCCC(C)=CCCC(C)=CCCC(C)=CCOC[C@@H](COP(=O)(O)O)OCC=C(C)CCC=C(C)CCC=C(C)CCC=C(C)C. The van der Waals surface area contributed by atoms with Crippen LogP contribution >= 0.6 is 7.82 Å². The third-order valence-corrected chi connectivity index (χ3v) is 8.84. The van der Waals surface area contributed by atoms with Crippen molar-refractivity contribution in [1.29, 1.82) is 0 Å². The van der Waals surface area contributed by atoms with Gasteiger partial charge in [0.2, 0.25) is 0 Å². The standard InChI is InChI=1S/C43H73O6P/c1-35(2)17-11-19-37(5)21-13-23-39(7)25-15-27-41(9)29-31-47-33-43(34-49-50(44,45)46)48-32-30-42(10)28-16-26-40(8)24-14-22-38(6)20-12-18-36(3)4/h17-18,21-22,25-26,29-30,43H,11-16,19-20,23-24,27-28,31-34H2,1-10H3,(H2,44,45,46)/t43-/m0/s1. The lowest BCUT2D eigenvalue weighted by Gasteiger charge is -2.17. The molecule has 0 rings (SSSR count). The normalized spacial score (nSPS) is 14.6. The van der Waals surface area contributed by atoms with E-state index in [2.05, 4.69) is 112 Å². The van der Waals surface area contributed by atoms with Crippen molar-refractivity contribution >= 4 is 7.82 Å². The maximum atomic E-state index is 11.3. The molecule has 0 radical (unpaired) electrons. The molecule has 0 aliphatic carbocycles. The van der Waals surface area contributed by atoms with Crippen molar-refractivity contribution in [2.75, 3.05) is 26.4 Å². The number of phosphoric acid groups is 1. The maximum Gasteiger partial charge on any atom is 0.469 e. The third-order valence-electron chi connectivity index (χ3n) is 8.35. The summed E-state index contributed by atoms with van der Waals surface area (Å²) < 4.78 is 27.7.